The molecule has 0 spiro atoms. The first-order chi connectivity index (χ1) is 9.22. The number of fused-ring (bicyclic) bond motifs is 1. The Kier molecular flexibility index (Phi) is 3.61. The topological polar surface area (TPSA) is 66.5 Å². The van der Waals surface area contributed by atoms with E-state index in [1.807, 2.05) is 0 Å². The first-order valence-corrected chi connectivity index (χ1v) is 7.28. The zero-order valence-electron chi connectivity index (χ0n) is 10.7. The lowest BCUT2D eigenvalue weighted by Gasteiger charge is -2.27. The number of halogens is 1. The summed E-state index contributed by atoms with van der Waals surface area (Å²) in [6.07, 6.45) is 3.32. The molecule has 0 saturated heterocycles. The zero-order chi connectivity index (χ0) is 13.2. The molecular formula is C13H16BrN5. The van der Waals surface area contributed by atoms with E-state index in [1.165, 1.54) is 11.1 Å². The molecule has 0 bridgehead atoms. The van der Waals surface area contributed by atoms with Gasteiger partial charge in [-0.3, -0.25) is 0 Å². The van der Waals surface area contributed by atoms with Gasteiger partial charge >= 0.3 is 0 Å². The summed E-state index contributed by atoms with van der Waals surface area (Å²) in [6, 6.07) is 7.16. The van der Waals surface area contributed by atoms with Gasteiger partial charge in [-0.1, -0.05) is 27.2 Å². The molecule has 5 nitrogen and oxygen atoms in total. The second-order valence-corrected chi connectivity index (χ2v) is 5.93. The van der Waals surface area contributed by atoms with Crippen molar-refractivity contribution >= 4 is 15.9 Å². The van der Waals surface area contributed by atoms with Crippen LogP contribution in [0.15, 0.2) is 22.7 Å². The van der Waals surface area contributed by atoms with Crippen molar-refractivity contribution in [2.75, 3.05) is 0 Å². The van der Waals surface area contributed by atoms with Crippen LogP contribution < -0.4 is 5.32 Å². The van der Waals surface area contributed by atoms with E-state index in [2.05, 4.69) is 67.0 Å². The van der Waals surface area contributed by atoms with Crippen LogP contribution in [0.1, 0.15) is 36.3 Å². The van der Waals surface area contributed by atoms with E-state index in [1.54, 1.807) is 0 Å². The number of benzene rings is 1. The predicted octanol–water partition coefficient (Wildman–Crippen LogP) is 2.17. The molecule has 2 aromatic rings. The van der Waals surface area contributed by atoms with Crippen molar-refractivity contribution in [3.63, 3.8) is 0 Å². The Morgan fingerprint density at radius 1 is 1.42 bits per heavy atom. The predicted molar refractivity (Wildman–Crippen MR) is 75.7 cm³/mol. The number of nitrogens with one attached hydrogen (secondary N) is 2. The third-order valence-electron chi connectivity index (χ3n) is 3.63. The normalized spacial score (nSPS) is 20.0. The van der Waals surface area contributed by atoms with E-state index in [0.29, 0.717) is 6.04 Å². The highest BCUT2D eigenvalue weighted by Crippen LogP contribution is 2.25. The number of aromatic amines is 1. The molecule has 6 heteroatoms. The second kappa shape index (κ2) is 5.38. The summed E-state index contributed by atoms with van der Waals surface area (Å²) < 4.78 is 1.16. The molecule has 1 aliphatic rings. The van der Waals surface area contributed by atoms with Crippen LogP contribution in [-0.4, -0.2) is 26.7 Å². The van der Waals surface area contributed by atoms with Gasteiger partial charge in [0, 0.05) is 10.5 Å². The summed E-state index contributed by atoms with van der Waals surface area (Å²) in [5.41, 5.74) is 2.90. The molecule has 3 rings (SSSR count). The van der Waals surface area contributed by atoms with Crippen molar-refractivity contribution in [2.45, 2.75) is 38.3 Å². The fourth-order valence-electron chi connectivity index (χ4n) is 2.65. The molecule has 1 aromatic heterocycles. The van der Waals surface area contributed by atoms with Gasteiger partial charge in [0.05, 0.1) is 6.04 Å². The highest BCUT2D eigenvalue weighted by Gasteiger charge is 2.21. The molecule has 2 N–H and O–H groups in total. The SMILES string of the molecule is CC(NC1CCc2cc(Br)ccc2C1)c1nn[nH]n1. The number of tetrazole rings is 1. The number of hydrogen-bond donors (Lipinski definition) is 2. The highest BCUT2D eigenvalue weighted by atomic mass is 79.9. The highest BCUT2D eigenvalue weighted by molar-refractivity contribution is 9.10. The van der Waals surface area contributed by atoms with Gasteiger partial charge in [-0.15, -0.1) is 10.2 Å². The van der Waals surface area contributed by atoms with Crippen LogP contribution in [0.5, 0.6) is 0 Å². The summed E-state index contributed by atoms with van der Waals surface area (Å²) in [6.45, 7) is 2.07. The molecule has 19 heavy (non-hydrogen) atoms. The minimum Gasteiger partial charge on any atom is -0.304 e. The fourth-order valence-corrected chi connectivity index (χ4v) is 3.06. The Labute approximate surface area is 120 Å². The lowest BCUT2D eigenvalue weighted by Crippen LogP contribution is -2.36. The van der Waals surface area contributed by atoms with Gasteiger partial charge in [0.1, 0.15) is 0 Å². The van der Waals surface area contributed by atoms with Crippen molar-refractivity contribution in [3.05, 3.63) is 39.6 Å². The lowest BCUT2D eigenvalue weighted by molar-refractivity contribution is 0.404. The number of H-pyrrole nitrogens is 1. The number of rotatable bonds is 3. The minimum atomic E-state index is 0.126. The van der Waals surface area contributed by atoms with Gasteiger partial charge in [-0.2, -0.15) is 5.21 Å². The van der Waals surface area contributed by atoms with E-state index >= 15 is 0 Å². The maximum absolute atomic E-state index is 4.02. The average molecular weight is 322 g/mol. The third-order valence-corrected chi connectivity index (χ3v) is 4.12. The fraction of sp³-hybridized carbons (Fsp3) is 0.462. The summed E-state index contributed by atoms with van der Waals surface area (Å²) in [5, 5.41) is 17.7. The first kappa shape index (κ1) is 12.7. The largest absolute Gasteiger partial charge is 0.304 e. The molecule has 1 aliphatic carbocycles. The second-order valence-electron chi connectivity index (χ2n) is 5.01. The third kappa shape index (κ3) is 2.84. The Morgan fingerprint density at radius 2 is 2.32 bits per heavy atom. The van der Waals surface area contributed by atoms with Gasteiger partial charge in [-0.25, -0.2) is 0 Å². The molecule has 100 valence electrons. The van der Waals surface area contributed by atoms with Gasteiger partial charge in [0.2, 0.25) is 0 Å². The Hall–Kier alpha value is -1.27. The first-order valence-electron chi connectivity index (χ1n) is 6.49. The molecule has 0 amide bonds. The van der Waals surface area contributed by atoms with Gasteiger partial charge in [-0.05, 0) is 49.4 Å². The number of aromatic nitrogens is 4. The van der Waals surface area contributed by atoms with E-state index in [-0.39, 0.29) is 6.04 Å². The summed E-state index contributed by atoms with van der Waals surface area (Å²) in [4.78, 5) is 0. The van der Waals surface area contributed by atoms with Crippen LogP contribution in [0.25, 0.3) is 0 Å². The van der Waals surface area contributed by atoms with E-state index in [4.69, 9.17) is 0 Å². The summed E-state index contributed by atoms with van der Waals surface area (Å²) >= 11 is 3.53. The van der Waals surface area contributed by atoms with Gasteiger partial charge < -0.3 is 5.32 Å². The Balaban J connectivity index is 1.67. The molecule has 1 aromatic carbocycles. The van der Waals surface area contributed by atoms with Gasteiger partial charge in [0.15, 0.2) is 5.82 Å². The monoisotopic (exact) mass is 321 g/mol. The number of hydrogen-bond acceptors (Lipinski definition) is 4. The molecule has 0 saturated carbocycles. The molecule has 2 unspecified atom stereocenters. The van der Waals surface area contributed by atoms with Crippen LogP contribution >= 0.6 is 15.9 Å². The van der Waals surface area contributed by atoms with E-state index < -0.39 is 0 Å². The maximum atomic E-state index is 4.02. The van der Waals surface area contributed by atoms with Gasteiger partial charge in [0.25, 0.3) is 0 Å². The standard InChI is InChI=1S/C13H16BrN5/c1-8(13-16-18-19-17-13)15-12-5-3-9-6-11(14)4-2-10(9)7-12/h2,4,6,8,12,15H,3,5,7H2,1H3,(H,16,17,18,19). The summed E-state index contributed by atoms with van der Waals surface area (Å²) in [7, 11) is 0. The van der Waals surface area contributed by atoms with Crippen LogP contribution in [0.4, 0.5) is 0 Å². The minimum absolute atomic E-state index is 0.126. The number of nitrogens with zero attached hydrogens (tertiary/aromatic N) is 3. The lowest BCUT2D eigenvalue weighted by atomic mass is 9.88. The van der Waals surface area contributed by atoms with Crippen LogP contribution in [0.2, 0.25) is 0 Å². The molecule has 0 fully saturated rings. The average Bonchev–Trinajstić information content (AvgIpc) is 2.93. The molecule has 0 aliphatic heterocycles. The van der Waals surface area contributed by atoms with E-state index in [0.717, 1.165) is 29.6 Å². The number of aryl methyl sites for hydroxylation is 1. The van der Waals surface area contributed by atoms with Crippen molar-refractivity contribution in [1.29, 1.82) is 0 Å². The molecule has 0 radical (unpaired) electrons. The zero-order valence-corrected chi connectivity index (χ0v) is 12.3. The Morgan fingerprint density at radius 3 is 3.11 bits per heavy atom. The Bertz CT molecular complexity index is 554. The van der Waals surface area contributed by atoms with Crippen molar-refractivity contribution in [1.82, 2.24) is 25.9 Å². The van der Waals surface area contributed by atoms with Crippen LogP contribution in [-0.2, 0) is 12.8 Å². The summed E-state index contributed by atoms with van der Waals surface area (Å²) in [5.74, 6) is 0.724. The molecular weight excluding hydrogens is 306 g/mol. The molecule has 1 heterocycles. The van der Waals surface area contributed by atoms with E-state index in [9.17, 15) is 0 Å². The van der Waals surface area contributed by atoms with Crippen LogP contribution in [0.3, 0.4) is 0 Å². The quantitative estimate of drug-likeness (QED) is 0.909. The maximum Gasteiger partial charge on any atom is 0.191 e. The van der Waals surface area contributed by atoms with Crippen LogP contribution in [0, 0.1) is 0 Å². The van der Waals surface area contributed by atoms with Crippen molar-refractivity contribution < 1.29 is 0 Å². The van der Waals surface area contributed by atoms with Crippen molar-refractivity contribution in [2.24, 2.45) is 0 Å². The molecule has 2 atom stereocenters. The van der Waals surface area contributed by atoms with Crippen molar-refractivity contribution in [3.8, 4) is 0 Å². The smallest absolute Gasteiger partial charge is 0.191 e.